The highest BCUT2D eigenvalue weighted by Gasteiger charge is 2.57. The van der Waals surface area contributed by atoms with Crippen LogP contribution in [0.2, 0.25) is 0 Å². The number of para-hydroxylation sites is 2. The number of nitrogens with one attached hydrogen (secondary N) is 1. The van der Waals surface area contributed by atoms with E-state index in [1.54, 1.807) is 0 Å². The van der Waals surface area contributed by atoms with Crippen LogP contribution >= 0.6 is 0 Å². The number of rotatable bonds is 5. The lowest BCUT2D eigenvalue weighted by atomic mass is 10.2. The first-order valence-corrected chi connectivity index (χ1v) is 10.1. The van der Waals surface area contributed by atoms with Gasteiger partial charge in [-0.15, -0.1) is 0 Å². The van der Waals surface area contributed by atoms with Gasteiger partial charge in [-0.05, 0) is 12.1 Å². The van der Waals surface area contributed by atoms with E-state index in [1.807, 2.05) is 0 Å². The lowest BCUT2D eigenvalue weighted by Gasteiger charge is -2.32. The molecule has 1 aromatic rings. The van der Waals surface area contributed by atoms with Crippen molar-refractivity contribution >= 4 is 35.4 Å². The van der Waals surface area contributed by atoms with Crippen LogP contribution in [0.1, 0.15) is 13.3 Å². The summed E-state index contributed by atoms with van der Waals surface area (Å²) in [5.74, 6) is -8.31. The number of hydrogen-bond acceptors (Lipinski definition) is 5. The van der Waals surface area contributed by atoms with E-state index >= 15 is 0 Å². The second-order valence-corrected chi connectivity index (χ2v) is 7.44. The van der Waals surface area contributed by atoms with Gasteiger partial charge in [0.2, 0.25) is 0 Å². The van der Waals surface area contributed by atoms with Gasteiger partial charge in [0.15, 0.2) is 6.04 Å². The van der Waals surface area contributed by atoms with Crippen molar-refractivity contribution in [3.05, 3.63) is 24.3 Å². The number of fused-ring (bicyclic) bond motifs is 1. The van der Waals surface area contributed by atoms with Gasteiger partial charge in [0.25, 0.3) is 11.8 Å². The molecule has 0 radical (unpaired) electrons. The minimum atomic E-state index is -6.07. The molecule has 1 aromatic carbocycles. The third-order valence-electron chi connectivity index (χ3n) is 4.82. The van der Waals surface area contributed by atoms with Crippen LogP contribution in [0.15, 0.2) is 24.3 Å². The van der Waals surface area contributed by atoms with Crippen LogP contribution in [-0.2, 0) is 14.4 Å². The Morgan fingerprint density at radius 3 is 2.14 bits per heavy atom. The monoisotopic (exact) mass is 550 g/mol. The Kier molecular flexibility index (Phi) is 8.44. The fourth-order valence-corrected chi connectivity index (χ4v) is 3.12. The van der Waals surface area contributed by atoms with E-state index < -0.39 is 85.7 Å². The highest BCUT2D eigenvalue weighted by molar-refractivity contribution is 6.06. The Morgan fingerprint density at radius 1 is 1.08 bits per heavy atom. The van der Waals surface area contributed by atoms with Crippen LogP contribution in [0.4, 0.5) is 56.1 Å². The molecule has 1 aliphatic rings. The number of benzene rings is 1. The van der Waals surface area contributed by atoms with Crippen molar-refractivity contribution in [3.63, 3.8) is 0 Å². The number of anilines is 2. The van der Waals surface area contributed by atoms with E-state index in [4.69, 9.17) is 0 Å². The van der Waals surface area contributed by atoms with Crippen LogP contribution in [-0.4, -0.2) is 78.1 Å². The Labute approximate surface area is 202 Å². The highest BCUT2D eigenvalue weighted by Crippen LogP contribution is 2.36. The van der Waals surface area contributed by atoms with Crippen molar-refractivity contribution in [2.75, 3.05) is 29.4 Å². The van der Waals surface area contributed by atoms with Crippen LogP contribution in [0.25, 0.3) is 0 Å². The molecule has 0 saturated carbocycles. The minimum absolute atomic E-state index is 0.0813. The Bertz CT molecular complexity index is 1050. The molecule has 2 rings (SSSR count). The van der Waals surface area contributed by atoms with E-state index in [9.17, 15) is 59.4 Å². The maximum absolute atomic E-state index is 13.3. The number of hydrogen-bond donors (Lipinski definition) is 2. The molecule has 0 bridgehead atoms. The summed E-state index contributed by atoms with van der Waals surface area (Å²) in [5.41, 5.74) is -0.943. The van der Waals surface area contributed by atoms with Crippen molar-refractivity contribution in [2.45, 2.75) is 37.7 Å². The van der Waals surface area contributed by atoms with Crippen LogP contribution in [0.3, 0.4) is 0 Å². The zero-order valence-corrected chi connectivity index (χ0v) is 18.6. The van der Waals surface area contributed by atoms with Crippen LogP contribution in [0, 0.1) is 0 Å². The summed E-state index contributed by atoms with van der Waals surface area (Å²) in [4.78, 5) is 54.4. The second kappa shape index (κ2) is 10.6. The lowest BCUT2D eigenvalue weighted by Crippen LogP contribution is -2.57. The van der Waals surface area contributed by atoms with Crippen LogP contribution in [0.5, 0.6) is 0 Å². The summed E-state index contributed by atoms with van der Waals surface area (Å²) in [6, 6.07) is 2.19. The molecule has 0 aromatic heterocycles. The molecular weight excluding hydrogens is 532 g/mol. The van der Waals surface area contributed by atoms with Gasteiger partial charge in [-0.1, -0.05) is 19.1 Å². The molecule has 10 nitrogen and oxygen atoms in total. The van der Waals surface area contributed by atoms with Crippen molar-refractivity contribution in [1.82, 2.24) is 10.4 Å². The molecule has 4 amide bonds. The topological polar surface area (TPSA) is 119 Å². The zero-order valence-electron chi connectivity index (χ0n) is 18.6. The molecular formula is C19H18F8N4O6. The summed E-state index contributed by atoms with van der Waals surface area (Å²) in [6.45, 7) is -4.26. The summed E-state index contributed by atoms with van der Waals surface area (Å²) >= 11 is 0. The fraction of sp³-hybridized carbons (Fsp3) is 0.474. The van der Waals surface area contributed by atoms with E-state index in [0.717, 1.165) is 24.4 Å². The molecule has 0 saturated heterocycles. The average Bonchev–Trinajstić information content (AvgIpc) is 2.89. The number of halogens is 8. The molecule has 1 aliphatic heterocycles. The standard InChI is InChI=1S/C19H18F8N4O6/c1-2-13(32)31(37-15(34)28-8-17(20,21)19(25,26)27)12-7-29(16(35)36)10-5-3-4-6-11(10)30(14(12)33)9-18(22,23)24/h3-6,12H,2,7-9H2,1H3,(H,28,34)(H,35,36)/t12-/m0/s1. The maximum Gasteiger partial charge on any atom is 0.455 e. The number of nitrogens with zero attached hydrogens (tertiary/aromatic N) is 3. The molecule has 18 heteroatoms. The van der Waals surface area contributed by atoms with Gasteiger partial charge in [-0.3, -0.25) is 19.4 Å². The summed E-state index contributed by atoms with van der Waals surface area (Å²) in [7, 11) is 0. The van der Waals surface area contributed by atoms with Gasteiger partial charge in [0.1, 0.15) is 6.54 Å². The number of amides is 4. The third kappa shape index (κ3) is 6.88. The fourth-order valence-electron chi connectivity index (χ4n) is 3.12. The molecule has 2 N–H and O–H groups in total. The Morgan fingerprint density at radius 2 is 1.65 bits per heavy atom. The normalized spacial score (nSPS) is 16.6. The third-order valence-corrected chi connectivity index (χ3v) is 4.82. The molecule has 0 spiro atoms. The summed E-state index contributed by atoms with van der Waals surface area (Å²) in [6.07, 6.45) is -15.6. The van der Waals surface area contributed by atoms with Crippen molar-refractivity contribution < 1.29 is 64.2 Å². The Hall–Kier alpha value is -3.86. The molecule has 0 aliphatic carbocycles. The van der Waals surface area contributed by atoms with Crippen molar-refractivity contribution in [2.24, 2.45) is 0 Å². The van der Waals surface area contributed by atoms with Crippen molar-refractivity contribution in [3.8, 4) is 0 Å². The van der Waals surface area contributed by atoms with Crippen LogP contribution < -0.4 is 15.1 Å². The first-order chi connectivity index (χ1) is 16.9. The van der Waals surface area contributed by atoms with Gasteiger partial charge in [0.05, 0.1) is 24.5 Å². The summed E-state index contributed by atoms with van der Waals surface area (Å²) in [5, 5.41) is 10.5. The average molecular weight is 550 g/mol. The van der Waals surface area contributed by atoms with Gasteiger partial charge >= 0.3 is 30.5 Å². The van der Waals surface area contributed by atoms with Crippen molar-refractivity contribution in [1.29, 1.82) is 0 Å². The molecule has 1 heterocycles. The quantitative estimate of drug-likeness (QED) is 0.428. The van der Waals surface area contributed by atoms with E-state index in [2.05, 4.69) is 4.84 Å². The molecule has 206 valence electrons. The van der Waals surface area contributed by atoms with Gasteiger partial charge in [0, 0.05) is 6.42 Å². The molecule has 0 fully saturated rings. The smallest absolute Gasteiger partial charge is 0.455 e. The largest absolute Gasteiger partial charge is 0.465 e. The van der Waals surface area contributed by atoms with E-state index in [0.29, 0.717) is 4.90 Å². The van der Waals surface area contributed by atoms with Gasteiger partial charge in [-0.2, -0.15) is 40.2 Å². The first-order valence-electron chi connectivity index (χ1n) is 10.1. The first kappa shape index (κ1) is 29.4. The zero-order chi connectivity index (χ0) is 28.3. The number of carboxylic acid groups (broad SMARTS) is 1. The van der Waals surface area contributed by atoms with Gasteiger partial charge < -0.3 is 15.3 Å². The van der Waals surface area contributed by atoms with E-state index in [1.165, 1.54) is 12.1 Å². The number of carbonyl (C=O) groups excluding carboxylic acids is 3. The number of carbonyl (C=O) groups is 4. The minimum Gasteiger partial charge on any atom is -0.465 e. The van der Waals surface area contributed by atoms with E-state index in [-0.39, 0.29) is 9.96 Å². The maximum atomic E-state index is 13.3. The highest BCUT2D eigenvalue weighted by atomic mass is 19.4. The molecule has 0 unspecified atom stereocenters. The SMILES string of the molecule is CCC(=O)N(OC(=O)NCC(F)(F)C(F)(F)F)[C@H]1CN(C(=O)O)c2ccccc2N(CC(F)(F)F)C1=O. The lowest BCUT2D eigenvalue weighted by molar-refractivity contribution is -0.278. The summed E-state index contributed by atoms with van der Waals surface area (Å²) < 4.78 is 103. The predicted molar refractivity (Wildman–Crippen MR) is 107 cm³/mol. The second-order valence-electron chi connectivity index (χ2n) is 7.44. The molecule has 1 atom stereocenters. The number of alkyl halides is 8. The van der Waals surface area contributed by atoms with Gasteiger partial charge in [-0.25, -0.2) is 9.59 Å². The number of hydroxylamine groups is 2. The molecule has 37 heavy (non-hydrogen) atoms. The predicted octanol–water partition coefficient (Wildman–Crippen LogP) is 3.53. The Balaban J connectivity index is 2.48.